The Balaban J connectivity index is 1.78. The molecule has 0 unspecified atom stereocenters. The Hall–Kier alpha value is -3.31. The van der Waals surface area contributed by atoms with Gasteiger partial charge in [0.1, 0.15) is 17.5 Å². The maximum absolute atomic E-state index is 12.8. The molecule has 140 valence electrons. The third-order valence-corrected chi connectivity index (χ3v) is 5.09. The van der Waals surface area contributed by atoms with E-state index >= 15 is 0 Å². The summed E-state index contributed by atoms with van der Waals surface area (Å²) in [6, 6.07) is 18.9. The van der Waals surface area contributed by atoms with Crippen molar-refractivity contribution in [3.63, 3.8) is 0 Å². The van der Waals surface area contributed by atoms with Gasteiger partial charge < -0.3 is 4.90 Å². The number of amides is 1. The molecule has 0 aliphatic carbocycles. The second-order valence-corrected chi connectivity index (χ2v) is 7.67. The van der Waals surface area contributed by atoms with E-state index < -0.39 is 5.91 Å². The zero-order chi connectivity index (χ0) is 20.2. The quantitative estimate of drug-likeness (QED) is 0.351. The van der Waals surface area contributed by atoms with Crippen LogP contribution in [0.1, 0.15) is 16.7 Å². The number of benzene rings is 2. The molecule has 0 bridgehead atoms. The summed E-state index contributed by atoms with van der Waals surface area (Å²) in [6.45, 7) is 0.629. The van der Waals surface area contributed by atoms with Crippen LogP contribution in [0.15, 0.2) is 92.1 Å². The molecule has 29 heavy (non-hydrogen) atoms. The molecule has 0 N–H and O–H groups in total. The molecule has 0 radical (unpaired) electrons. The average Bonchev–Trinajstić information content (AvgIpc) is 2.89. The maximum atomic E-state index is 12.8. The fraction of sp³-hybridized carbons (Fsp3) is 0.0435. The fourth-order valence-corrected chi connectivity index (χ4v) is 3.58. The highest BCUT2D eigenvalue weighted by atomic mass is 127. The minimum absolute atomic E-state index is 0.0314. The summed E-state index contributed by atoms with van der Waals surface area (Å²) in [4.78, 5) is 23.7. The first-order chi connectivity index (χ1) is 14.1. The molecule has 0 spiro atoms. The molecule has 0 saturated carbocycles. The van der Waals surface area contributed by atoms with Crippen LogP contribution in [0.3, 0.4) is 0 Å². The highest BCUT2D eigenvalue weighted by molar-refractivity contribution is 14.1. The number of nitrogens with zero attached hydrogens (tertiary/aromatic N) is 4. The third kappa shape index (κ3) is 4.25. The van der Waals surface area contributed by atoms with Gasteiger partial charge in [-0.3, -0.25) is 4.79 Å². The van der Waals surface area contributed by atoms with Crippen molar-refractivity contribution in [3.8, 4) is 6.07 Å². The zero-order valence-electron chi connectivity index (χ0n) is 15.3. The summed E-state index contributed by atoms with van der Waals surface area (Å²) in [7, 11) is 0. The number of aliphatic imine (C=N–C) groups is 2. The molecular formula is C23H15IN4O. The van der Waals surface area contributed by atoms with Crippen LogP contribution in [-0.2, 0) is 11.3 Å². The number of fused-ring (bicyclic) bond motifs is 2. The van der Waals surface area contributed by atoms with Gasteiger partial charge in [0.25, 0.3) is 5.91 Å². The molecule has 2 aliphatic heterocycles. The molecule has 2 heterocycles. The van der Waals surface area contributed by atoms with Gasteiger partial charge in [0, 0.05) is 21.9 Å². The van der Waals surface area contributed by atoms with Gasteiger partial charge in [0.15, 0.2) is 5.84 Å². The van der Waals surface area contributed by atoms with Crippen LogP contribution in [0.2, 0.25) is 0 Å². The predicted molar refractivity (Wildman–Crippen MR) is 122 cm³/mol. The molecule has 0 saturated heterocycles. The lowest BCUT2D eigenvalue weighted by Gasteiger charge is -2.21. The summed E-state index contributed by atoms with van der Waals surface area (Å²) in [5, 5.41) is 9.48. The number of amidine groups is 2. The Kier molecular flexibility index (Phi) is 5.49. The number of nitriles is 1. The number of carbonyl (C=O) groups excluding carboxylic acids is 1. The Morgan fingerprint density at radius 2 is 1.90 bits per heavy atom. The maximum Gasteiger partial charge on any atom is 0.289 e. The normalized spacial score (nSPS) is 16.9. The monoisotopic (exact) mass is 490 g/mol. The smallest absolute Gasteiger partial charge is 0.289 e. The third-order valence-electron chi connectivity index (χ3n) is 4.45. The SMILES string of the molecule is N#CC(=Cc1ccccc1)C(=O)N=C1N=C2C=CC(I)=CN2Cc2ccccc21. The Bertz CT molecular complexity index is 1170. The van der Waals surface area contributed by atoms with E-state index in [1.807, 2.05) is 83.9 Å². The second-order valence-electron chi connectivity index (χ2n) is 6.42. The van der Waals surface area contributed by atoms with Crippen molar-refractivity contribution in [1.82, 2.24) is 4.90 Å². The molecule has 2 aliphatic rings. The van der Waals surface area contributed by atoms with Crippen molar-refractivity contribution in [1.29, 1.82) is 5.26 Å². The lowest BCUT2D eigenvalue weighted by atomic mass is 10.1. The van der Waals surface area contributed by atoms with E-state index in [0.29, 0.717) is 18.2 Å². The van der Waals surface area contributed by atoms with E-state index in [0.717, 1.165) is 20.3 Å². The van der Waals surface area contributed by atoms with Crippen molar-refractivity contribution in [2.24, 2.45) is 9.98 Å². The minimum atomic E-state index is -0.608. The molecule has 6 heteroatoms. The van der Waals surface area contributed by atoms with E-state index in [9.17, 15) is 10.1 Å². The number of hydrogen-bond acceptors (Lipinski definition) is 3. The highest BCUT2D eigenvalue weighted by Crippen LogP contribution is 2.24. The minimum Gasteiger partial charge on any atom is -0.327 e. The van der Waals surface area contributed by atoms with Gasteiger partial charge >= 0.3 is 0 Å². The zero-order valence-corrected chi connectivity index (χ0v) is 17.4. The van der Waals surface area contributed by atoms with E-state index in [4.69, 9.17) is 0 Å². The molecule has 0 atom stereocenters. The summed E-state index contributed by atoms with van der Waals surface area (Å²) in [5.41, 5.74) is 2.54. The van der Waals surface area contributed by atoms with Crippen LogP contribution in [0.25, 0.3) is 6.08 Å². The van der Waals surface area contributed by atoms with Crippen LogP contribution >= 0.6 is 22.6 Å². The van der Waals surface area contributed by atoms with Crippen LogP contribution < -0.4 is 0 Å². The van der Waals surface area contributed by atoms with Gasteiger partial charge in [-0.1, -0.05) is 54.6 Å². The predicted octanol–water partition coefficient (Wildman–Crippen LogP) is 4.63. The van der Waals surface area contributed by atoms with Gasteiger partial charge in [-0.25, -0.2) is 4.99 Å². The van der Waals surface area contributed by atoms with Crippen LogP contribution in [0.5, 0.6) is 0 Å². The van der Waals surface area contributed by atoms with E-state index in [1.54, 1.807) is 6.08 Å². The first kappa shape index (κ1) is 19.0. The Morgan fingerprint density at radius 1 is 1.14 bits per heavy atom. The molecular weight excluding hydrogens is 475 g/mol. The van der Waals surface area contributed by atoms with Crippen molar-refractivity contribution in [2.75, 3.05) is 0 Å². The van der Waals surface area contributed by atoms with Crippen molar-refractivity contribution >= 4 is 46.2 Å². The van der Waals surface area contributed by atoms with Gasteiger partial charge in [-0.05, 0) is 51.9 Å². The van der Waals surface area contributed by atoms with E-state index in [1.165, 1.54) is 0 Å². The highest BCUT2D eigenvalue weighted by Gasteiger charge is 2.22. The number of hydrogen-bond donors (Lipinski definition) is 0. The molecule has 5 nitrogen and oxygen atoms in total. The van der Waals surface area contributed by atoms with Gasteiger partial charge in [0.05, 0.1) is 0 Å². The lowest BCUT2D eigenvalue weighted by Crippen LogP contribution is -2.24. The molecule has 2 aromatic rings. The first-order valence-corrected chi connectivity index (χ1v) is 10.0. The van der Waals surface area contributed by atoms with E-state index in [2.05, 4.69) is 32.6 Å². The molecule has 0 fully saturated rings. The van der Waals surface area contributed by atoms with E-state index in [-0.39, 0.29) is 5.57 Å². The molecule has 2 aromatic carbocycles. The summed E-state index contributed by atoms with van der Waals surface area (Å²) >= 11 is 2.26. The molecule has 1 amide bonds. The van der Waals surface area contributed by atoms with Crippen LogP contribution in [0, 0.1) is 11.3 Å². The van der Waals surface area contributed by atoms with Gasteiger partial charge in [-0.2, -0.15) is 10.3 Å². The second kappa shape index (κ2) is 8.37. The van der Waals surface area contributed by atoms with Crippen molar-refractivity contribution in [2.45, 2.75) is 6.54 Å². The lowest BCUT2D eigenvalue weighted by molar-refractivity contribution is -0.113. The van der Waals surface area contributed by atoms with Gasteiger partial charge in [0.2, 0.25) is 0 Å². The topological polar surface area (TPSA) is 68.8 Å². The van der Waals surface area contributed by atoms with Crippen molar-refractivity contribution < 1.29 is 4.79 Å². The fourth-order valence-electron chi connectivity index (χ4n) is 3.06. The molecule has 4 rings (SSSR count). The average molecular weight is 490 g/mol. The summed E-state index contributed by atoms with van der Waals surface area (Å²) in [5.74, 6) is 0.412. The number of carbonyl (C=O) groups is 1. The Morgan fingerprint density at radius 3 is 2.69 bits per heavy atom. The Labute approximate surface area is 182 Å². The largest absolute Gasteiger partial charge is 0.327 e. The summed E-state index contributed by atoms with van der Waals surface area (Å²) < 4.78 is 1.09. The first-order valence-electron chi connectivity index (χ1n) is 8.93. The summed E-state index contributed by atoms with van der Waals surface area (Å²) in [6.07, 6.45) is 7.41. The van der Waals surface area contributed by atoms with Gasteiger partial charge in [-0.15, -0.1) is 0 Å². The van der Waals surface area contributed by atoms with Crippen LogP contribution in [-0.4, -0.2) is 22.5 Å². The number of rotatable bonds is 2. The molecule has 0 aromatic heterocycles. The number of halogens is 1. The van der Waals surface area contributed by atoms with Crippen molar-refractivity contribution in [3.05, 3.63) is 98.8 Å². The standard InChI is InChI=1S/C23H15IN4O/c24-19-10-11-21-26-22(20-9-5-4-8-17(20)14-28(21)15-19)27-23(29)18(13-25)12-16-6-2-1-3-7-16/h1-12,15H,14H2. The number of allylic oxidation sites excluding steroid dienone is 2. The van der Waals surface area contributed by atoms with Crippen LogP contribution in [0.4, 0.5) is 0 Å².